The Morgan fingerprint density at radius 2 is 1.26 bits per heavy atom. The molecule has 0 aromatic carbocycles. The number of hydrogen-bond donors (Lipinski definition) is 0. The third-order valence-corrected chi connectivity index (χ3v) is 4.02. The second-order valence-electron chi connectivity index (χ2n) is 6.21. The lowest BCUT2D eigenvalue weighted by Crippen LogP contribution is -2.08. The van der Waals surface area contributed by atoms with Crippen molar-refractivity contribution in [3.05, 3.63) is 10.4 Å². The van der Waals surface area contributed by atoms with E-state index in [2.05, 4.69) is 16.9 Å². The zero-order valence-corrected chi connectivity index (χ0v) is 15.0. The Labute approximate surface area is 141 Å². The molecule has 0 aromatic rings. The largest absolute Gasteiger partial charge is 0.466 e. The first kappa shape index (κ1) is 21.8. The van der Waals surface area contributed by atoms with Gasteiger partial charge in [-0.05, 0) is 12.0 Å². The van der Waals surface area contributed by atoms with E-state index in [-0.39, 0.29) is 6.54 Å². The summed E-state index contributed by atoms with van der Waals surface area (Å²) in [6.45, 7) is 2.51. The standard InChI is InChI=1S/C18H35N3O2/c1-2-3-4-5-6-7-8-9-10-11-12-13-14-15-16-23-18(22)17-20-21-19/h2-17H2,1H3. The van der Waals surface area contributed by atoms with Gasteiger partial charge in [0, 0.05) is 4.91 Å². The van der Waals surface area contributed by atoms with Crippen LogP contribution in [0, 0.1) is 0 Å². The number of rotatable bonds is 17. The lowest BCUT2D eigenvalue weighted by molar-refractivity contribution is -0.142. The highest BCUT2D eigenvalue weighted by molar-refractivity contribution is 5.71. The van der Waals surface area contributed by atoms with Crippen LogP contribution < -0.4 is 0 Å². The Hall–Kier alpha value is -1.22. The second-order valence-corrected chi connectivity index (χ2v) is 6.21. The molecule has 0 heterocycles. The number of esters is 1. The van der Waals surface area contributed by atoms with E-state index in [0.29, 0.717) is 6.61 Å². The van der Waals surface area contributed by atoms with Crippen molar-refractivity contribution < 1.29 is 9.53 Å². The quantitative estimate of drug-likeness (QED) is 0.103. The zero-order chi connectivity index (χ0) is 17.0. The molecule has 0 aliphatic heterocycles. The summed E-state index contributed by atoms with van der Waals surface area (Å²) >= 11 is 0. The fraction of sp³-hybridized carbons (Fsp3) is 0.944. The molecule has 0 aromatic heterocycles. The van der Waals surface area contributed by atoms with E-state index in [1.54, 1.807) is 0 Å². The van der Waals surface area contributed by atoms with Gasteiger partial charge in [0.05, 0.1) is 6.61 Å². The number of ether oxygens (including phenoxy) is 1. The molecule has 0 saturated heterocycles. The maximum atomic E-state index is 11.0. The van der Waals surface area contributed by atoms with Crippen LogP contribution in [0.1, 0.15) is 96.8 Å². The molecule has 0 rings (SSSR count). The Bertz CT molecular complexity index is 315. The number of hydrogen-bond acceptors (Lipinski definition) is 3. The van der Waals surface area contributed by atoms with Crippen molar-refractivity contribution in [1.82, 2.24) is 0 Å². The first-order chi connectivity index (χ1) is 11.3. The van der Waals surface area contributed by atoms with Crippen LogP contribution in [0.25, 0.3) is 10.4 Å². The second kappa shape index (κ2) is 18.8. The van der Waals surface area contributed by atoms with Crippen molar-refractivity contribution in [3.8, 4) is 0 Å². The molecule has 0 bridgehead atoms. The molecule has 0 fully saturated rings. The lowest BCUT2D eigenvalue weighted by Gasteiger charge is -2.04. The Kier molecular flexibility index (Phi) is 17.8. The Balaban J connectivity index is 3.08. The van der Waals surface area contributed by atoms with E-state index in [1.807, 2.05) is 0 Å². The van der Waals surface area contributed by atoms with Crippen LogP contribution >= 0.6 is 0 Å². The van der Waals surface area contributed by atoms with Gasteiger partial charge in [-0.15, -0.1) is 0 Å². The average molecular weight is 325 g/mol. The van der Waals surface area contributed by atoms with E-state index >= 15 is 0 Å². The maximum absolute atomic E-state index is 11.0. The molecule has 5 heteroatoms. The van der Waals surface area contributed by atoms with Crippen LogP contribution in [0.2, 0.25) is 0 Å². The Morgan fingerprint density at radius 3 is 1.70 bits per heavy atom. The Morgan fingerprint density at radius 1 is 0.826 bits per heavy atom. The average Bonchev–Trinajstić information content (AvgIpc) is 2.56. The summed E-state index contributed by atoms with van der Waals surface area (Å²) < 4.78 is 4.95. The summed E-state index contributed by atoms with van der Waals surface area (Å²) in [6.07, 6.45) is 18.3. The van der Waals surface area contributed by atoms with Crippen LogP contribution in [-0.4, -0.2) is 19.1 Å². The van der Waals surface area contributed by atoms with Gasteiger partial charge in [-0.25, -0.2) is 0 Å². The van der Waals surface area contributed by atoms with Crippen molar-refractivity contribution in [2.45, 2.75) is 96.8 Å². The number of unbranched alkanes of at least 4 members (excludes halogenated alkanes) is 13. The van der Waals surface area contributed by atoms with Crippen molar-refractivity contribution in [1.29, 1.82) is 0 Å². The van der Waals surface area contributed by atoms with Gasteiger partial charge in [0.1, 0.15) is 6.54 Å². The van der Waals surface area contributed by atoms with E-state index in [1.165, 1.54) is 77.0 Å². The van der Waals surface area contributed by atoms with Crippen LogP contribution in [0.4, 0.5) is 0 Å². The number of carbonyl (C=O) groups excluding carboxylic acids is 1. The molecular weight excluding hydrogens is 290 g/mol. The van der Waals surface area contributed by atoms with Gasteiger partial charge < -0.3 is 4.74 Å². The summed E-state index contributed by atoms with van der Waals surface area (Å²) in [6, 6.07) is 0. The van der Waals surface area contributed by atoms with Gasteiger partial charge in [-0.1, -0.05) is 95.5 Å². The summed E-state index contributed by atoms with van der Waals surface area (Å²) in [5, 5.41) is 3.17. The van der Waals surface area contributed by atoms with E-state index < -0.39 is 5.97 Å². The molecule has 0 saturated carbocycles. The van der Waals surface area contributed by atoms with Gasteiger partial charge >= 0.3 is 5.97 Å². The van der Waals surface area contributed by atoms with Crippen molar-refractivity contribution in [2.24, 2.45) is 5.11 Å². The zero-order valence-electron chi connectivity index (χ0n) is 15.0. The van der Waals surface area contributed by atoms with Gasteiger partial charge in [0.25, 0.3) is 0 Å². The topological polar surface area (TPSA) is 75.1 Å². The van der Waals surface area contributed by atoms with E-state index in [9.17, 15) is 4.79 Å². The van der Waals surface area contributed by atoms with Crippen LogP contribution in [0.15, 0.2) is 5.11 Å². The fourth-order valence-electron chi connectivity index (χ4n) is 2.62. The normalized spacial score (nSPS) is 10.3. The number of nitrogens with zero attached hydrogens (tertiary/aromatic N) is 3. The predicted molar refractivity (Wildman–Crippen MR) is 95.3 cm³/mol. The molecule has 0 radical (unpaired) electrons. The molecule has 0 aliphatic rings. The van der Waals surface area contributed by atoms with Crippen LogP contribution in [0.3, 0.4) is 0 Å². The molecule has 0 atom stereocenters. The highest BCUT2D eigenvalue weighted by Gasteiger charge is 1.99. The summed E-state index contributed by atoms with van der Waals surface area (Å²) in [4.78, 5) is 13.6. The molecule has 134 valence electrons. The van der Waals surface area contributed by atoms with Gasteiger partial charge in [0.2, 0.25) is 0 Å². The minimum absolute atomic E-state index is 0.199. The summed E-state index contributed by atoms with van der Waals surface area (Å²) in [5.74, 6) is -0.433. The highest BCUT2D eigenvalue weighted by Crippen LogP contribution is 2.12. The minimum Gasteiger partial charge on any atom is -0.466 e. The monoisotopic (exact) mass is 325 g/mol. The molecule has 0 aliphatic carbocycles. The molecular formula is C18H35N3O2. The first-order valence-corrected chi connectivity index (χ1v) is 9.47. The van der Waals surface area contributed by atoms with Gasteiger partial charge in [0.15, 0.2) is 0 Å². The number of azide groups is 1. The van der Waals surface area contributed by atoms with Gasteiger partial charge in [-0.2, -0.15) is 0 Å². The van der Waals surface area contributed by atoms with Crippen molar-refractivity contribution >= 4 is 5.97 Å². The molecule has 0 N–H and O–H groups in total. The summed E-state index contributed by atoms with van der Waals surface area (Å²) in [7, 11) is 0. The number of carbonyl (C=O) groups is 1. The van der Waals surface area contributed by atoms with E-state index in [0.717, 1.165) is 12.8 Å². The molecule has 5 nitrogen and oxygen atoms in total. The third kappa shape index (κ3) is 18.7. The van der Waals surface area contributed by atoms with Crippen LogP contribution in [0.5, 0.6) is 0 Å². The maximum Gasteiger partial charge on any atom is 0.311 e. The molecule has 23 heavy (non-hydrogen) atoms. The minimum atomic E-state index is -0.433. The predicted octanol–water partition coefficient (Wildman–Crippen LogP) is 6.32. The van der Waals surface area contributed by atoms with Crippen molar-refractivity contribution in [3.63, 3.8) is 0 Å². The lowest BCUT2D eigenvalue weighted by atomic mass is 10.0. The van der Waals surface area contributed by atoms with Crippen LogP contribution in [-0.2, 0) is 9.53 Å². The summed E-state index contributed by atoms with van der Waals surface area (Å²) in [5.41, 5.74) is 8.07. The third-order valence-electron chi connectivity index (χ3n) is 4.02. The van der Waals surface area contributed by atoms with E-state index in [4.69, 9.17) is 10.3 Å². The fourth-order valence-corrected chi connectivity index (χ4v) is 2.62. The smallest absolute Gasteiger partial charge is 0.311 e. The molecule has 0 spiro atoms. The van der Waals surface area contributed by atoms with Gasteiger partial charge in [-0.3, -0.25) is 4.79 Å². The SMILES string of the molecule is CCCCCCCCCCCCCCCCOC(=O)CN=[N+]=[N-]. The molecule has 0 amide bonds. The first-order valence-electron chi connectivity index (χ1n) is 9.47. The highest BCUT2D eigenvalue weighted by atomic mass is 16.5. The molecule has 0 unspecified atom stereocenters. The van der Waals surface area contributed by atoms with Crippen molar-refractivity contribution in [2.75, 3.05) is 13.2 Å².